The highest BCUT2D eigenvalue weighted by Gasteiger charge is 2.15. The van der Waals surface area contributed by atoms with Crippen molar-refractivity contribution in [2.24, 2.45) is 0 Å². The van der Waals surface area contributed by atoms with Gasteiger partial charge in [0.15, 0.2) is 0 Å². The second kappa shape index (κ2) is 8.48. The Balaban J connectivity index is 1.78. The summed E-state index contributed by atoms with van der Waals surface area (Å²) in [5.74, 6) is 0.154. The highest BCUT2D eigenvalue weighted by Crippen LogP contribution is 2.15. The molecule has 0 fully saturated rings. The number of hydrogen-bond acceptors (Lipinski definition) is 1. The lowest BCUT2D eigenvalue weighted by atomic mass is 10.0. The van der Waals surface area contributed by atoms with Gasteiger partial charge >= 0.3 is 0 Å². The molecule has 0 atom stereocenters. The Hall–Kier alpha value is -2.87. The van der Waals surface area contributed by atoms with Crippen molar-refractivity contribution in [3.63, 3.8) is 0 Å². The first kappa shape index (κ1) is 17.9. The zero-order chi connectivity index (χ0) is 18.4. The number of aryl methyl sites for hydroxylation is 2. The van der Waals surface area contributed by atoms with E-state index in [2.05, 4.69) is 56.3 Å². The molecule has 2 nitrogen and oxygen atoms in total. The van der Waals surface area contributed by atoms with Crippen LogP contribution in [0.1, 0.15) is 27.8 Å². The summed E-state index contributed by atoms with van der Waals surface area (Å²) in [6.45, 7) is 5.44. The molecule has 26 heavy (non-hydrogen) atoms. The highest BCUT2D eigenvalue weighted by molar-refractivity contribution is 5.79. The van der Waals surface area contributed by atoms with Crippen molar-refractivity contribution >= 4 is 5.91 Å². The lowest BCUT2D eigenvalue weighted by Crippen LogP contribution is -2.31. The smallest absolute Gasteiger partial charge is 0.227 e. The Morgan fingerprint density at radius 1 is 0.692 bits per heavy atom. The maximum Gasteiger partial charge on any atom is 0.227 e. The van der Waals surface area contributed by atoms with Crippen molar-refractivity contribution in [1.29, 1.82) is 0 Å². The number of benzene rings is 3. The highest BCUT2D eigenvalue weighted by atomic mass is 16.2. The molecule has 0 heterocycles. The molecule has 0 N–H and O–H groups in total. The van der Waals surface area contributed by atoms with E-state index in [0.29, 0.717) is 19.5 Å². The lowest BCUT2D eigenvalue weighted by Gasteiger charge is -2.23. The second-order valence-corrected chi connectivity index (χ2v) is 6.82. The first-order valence-electron chi connectivity index (χ1n) is 9.03. The van der Waals surface area contributed by atoms with Crippen LogP contribution < -0.4 is 0 Å². The fourth-order valence-corrected chi connectivity index (χ4v) is 3.04. The molecule has 1 amide bonds. The molecule has 0 aliphatic carbocycles. The lowest BCUT2D eigenvalue weighted by molar-refractivity contribution is -0.131. The van der Waals surface area contributed by atoms with Gasteiger partial charge in [-0.05, 0) is 41.7 Å². The van der Waals surface area contributed by atoms with Crippen LogP contribution >= 0.6 is 0 Å². The van der Waals surface area contributed by atoms with Crippen LogP contribution in [0.4, 0.5) is 0 Å². The number of carbonyl (C=O) groups is 1. The predicted molar refractivity (Wildman–Crippen MR) is 107 cm³/mol. The van der Waals surface area contributed by atoms with Crippen molar-refractivity contribution in [3.05, 3.63) is 107 Å². The van der Waals surface area contributed by atoms with Crippen molar-refractivity contribution < 1.29 is 4.79 Å². The van der Waals surface area contributed by atoms with Gasteiger partial charge in [-0.1, -0.05) is 78.9 Å². The number of amides is 1. The largest absolute Gasteiger partial charge is 0.334 e. The zero-order valence-corrected chi connectivity index (χ0v) is 15.5. The van der Waals surface area contributed by atoms with E-state index >= 15 is 0 Å². The Morgan fingerprint density at radius 2 is 1.23 bits per heavy atom. The molecule has 0 saturated carbocycles. The van der Waals surface area contributed by atoms with E-state index in [4.69, 9.17) is 0 Å². The predicted octanol–water partition coefficient (Wildman–Crippen LogP) is 5.07. The van der Waals surface area contributed by atoms with Gasteiger partial charge in [0.05, 0.1) is 6.42 Å². The molecule has 3 aromatic rings. The van der Waals surface area contributed by atoms with Gasteiger partial charge in [0.2, 0.25) is 5.91 Å². The Bertz CT molecular complexity index is 814. The van der Waals surface area contributed by atoms with Crippen LogP contribution in [0.5, 0.6) is 0 Å². The van der Waals surface area contributed by atoms with Crippen molar-refractivity contribution in [2.75, 3.05) is 0 Å². The third-order valence-corrected chi connectivity index (χ3v) is 4.71. The molecule has 0 aliphatic rings. The van der Waals surface area contributed by atoms with Crippen LogP contribution in [0.15, 0.2) is 78.9 Å². The number of rotatable bonds is 6. The molecule has 0 spiro atoms. The van der Waals surface area contributed by atoms with Gasteiger partial charge in [0.25, 0.3) is 0 Å². The van der Waals surface area contributed by atoms with Crippen LogP contribution in [0.3, 0.4) is 0 Å². The standard InChI is InChI=1S/C24H25NO/c1-19-13-14-23(15-20(19)2)16-24(26)25(17-21-9-5-3-6-10-21)18-22-11-7-4-8-12-22/h3-15H,16-18H2,1-2H3. The van der Waals surface area contributed by atoms with Gasteiger partial charge < -0.3 is 4.90 Å². The minimum Gasteiger partial charge on any atom is -0.334 e. The van der Waals surface area contributed by atoms with Gasteiger partial charge in [0, 0.05) is 13.1 Å². The molecule has 0 unspecified atom stereocenters. The molecule has 3 aromatic carbocycles. The fraction of sp³-hybridized carbons (Fsp3) is 0.208. The van der Waals surface area contributed by atoms with Crippen molar-refractivity contribution in [1.82, 2.24) is 4.90 Å². The van der Waals surface area contributed by atoms with Gasteiger partial charge in [-0.3, -0.25) is 4.79 Å². The third-order valence-electron chi connectivity index (χ3n) is 4.71. The molecular weight excluding hydrogens is 318 g/mol. The van der Waals surface area contributed by atoms with Crippen LogP contribution in [-0.2, 0) is 24.3 Å². The number of hydrogen-bond donors (Lipinski definition) is 0. The van der Waals surface area contributed by atoms with E-state index in [0.717, 1.165) is 16.7 Å². The van der Waals surface area contributed by atoms with Gasteiger partial charge in [-0.2, -0.15) is 0 Å². The molecule has 3 rings (SSSR count). The van der Waals surface area contributed by atoms with Crippen molar-refractivity contribution in [2.45, 2.75) is 33.4 Å². The van der Waals surface area contributed by atoms with Gasteiger partial charge in [-0.15, -0.1) is 0 Å². The van der Waals surface area contributed by atoms with E-state index in [1.54, 1.807) is 0 Å². The average molecular weight is 343 g/mol. The quantitative estimate of drug-likeness (QED) is 0.611. The SMILES string of the molecule is Cc1ccc(CC(=O)N(Cc2ccccc2)Cc2ccccc2)cc1C. The van der Waals surface area contributed by atoms with Gasteiger partial charge in [-0.25, -0.2) is 0 Å². The zero-order valence-electron chi connectivity index (χ0n) is 15.5. The summed E-state index contributed by atoms with van der Waals surface area (Å²) in [7, 11) is 0. The summed E-state index contributed by atoms with van der Waals surface area (Å²) < 4.78 is 0. The van der Waals surface area contributed by atoms with Crippen LogP contribution in [0.25, 0.3) is 0 Å². The molecule has 132 valence electrons. The Labute approximate surface area is 156 Å². The summed E-state index contributed by atoms with van der Waals surface area (Å²) in [6, 6.07) is 26.6. The monoisotopic (exact) mass is 343 g/mol. The maximum absolute atomic E-state index is 13.0. The van der Waals surface area contributed by atoms with E-state index in [-0.39, 0.29) is 5.91 Å². The molecular formula is C24H25NO. The van der Waals surface area contributed by atoms with Crippen molar-refractivity contribution in [3.8, 4) is 0 Å². The molecule has 0 saturated heterocycles. The molecule has 0 radical (unpaired) electrons. The first-order valence-corrected chi connectivity index (χ1v) is 9.03. The second-order valence-electron chi connectivity index (χ2n) is 6.82. The summed E-state index contributed by atoms with van der Waals surface area (Å²) in [6.07, 6.45) is 0.431. The van der Waals surface area contributed by atoms with E-state index in [1.165, 1.54) is 11.1 Å². The number of carbonyl (C=O) groups excluding carboxylic acids is 1. The fourth-order valence-electron chi connectivity index (χ4n) is 3.04. The first-order chi connectivity index (χ1) is 12.6. The van der Waals surface area contributed by atoms with E-state index in [9.17, 15) is 4.79 Å². The normalized spacial score (nSPS) is 10.5. The number of nitrogens with zero attached hydrogens (tertiary/aromatic N) is 1. The molecule has 2 heteroatoms. The molecule has 0 bridgehead atoms. The molecule has 0 aromatic heterocycles. The topological polar surface area (TPSA) is 20.3 Å². The van der Waals surface area contributed by atoms with Crippen LogP contribution in [0, 0.1) is 13.8 Å². The summed E-state index contributed by atoms with van der Waals surface area (Å²) in [5.41, 5.74) is 5.86. The molecule has 0 aliphatic heterocycles. The minimum atomic E-state index is 0.154. The third kappa shape index (κ3) is 4.82. The average Bonchev–Trinajstić information content (AvgIpc) is 2.66. The van der Waals surface area contributed by atoms with E-state index in [1.807, 2.05) is 41.3 Å². The maximum atomic E-state index is 13.0. The van der Waals surface area contributed by atoms with Crippen LogP contribution in [-0.4, -0.2) is 10.8 Å². The summed E-state index contributed by atoms with van der Waals surface area (Å²) in [4.78, 5) is 15.0. The minimum absolute atomic E-state index is 0.154. The van der Waals surface area contributed by atoms with Crippen LogP contribution in [0.2, 0.25) is 0 Å². The van der Waals surface area contributed by atoms with E-state index < -0.39 is 0 Å². The Kier molecular flexibility index (Phi) is 5.85. The summed E-state index contributed by atoms with van der Waals surface area (Å²) in [5, 5.41) is 0. The summed E-state index contributed by atoms with van der Waals surface area (Å²) >= 11 is 0. The Morgan fingerprint density at radius 3 is 1.73 bits per heavy atom. The van der Waals surface area contributed by atoms with Gasteiger partial charge in [0.1, 0.15) is 0 Å².